The van der Waals surface area contributed by atoms with Crippen LogP contribution < -0.4 is 5.32 Å². The van der Waals surface area contributed by atoms with Gasteiger partial charge in [0.2, 0.25) is 0 Å². The number of phenols is 1. The molecule has 1 aromatic carbocycles. The molecule has 1 aromatic rings. The van der Waals surface area contributed by atoms with Gasteiger partial charge in [-0.25, -0.2) is 0 Å². The van der Waals surface area contributed by atoms with Gasteiger partial charge in [-0.3, -0.25) is 15.0 Å². The molecule has 2 N–H and O–H groups in total. The third-order valence-corrected chi connectivity index (χ3v) is 4.83. The van der Waals surface area contributed by atoms with Crippen LogP contribution in [0.25, 0.3) is 0 Å². The van der Waals surface area contributed by atoms with Crippen molar-refractivity contribution >= 4 is 21.6 Å². The first kappa shape index (κ1) is 14.7. The van der Waals surface area contributed by atoms with Crippen molar-refractivity contribution in [2.75, 3.05) is 26.2 Å². The Morgan fingerprint density at radius 2 is 2.05 bits per heavy atom. The monoisotopic (exact) mass is 355 g/mol. The Hall–Kier alpha value is -1.18. The number of phenolic OH excluding ortho intramolecular Hbond substituents is 1. The number of hydrogen-bond acceptors (Lipinski definition) is 5. The van der Waals surface area contributed by atoms with Crippen LogP contribution in [0.3, 0.4) is 0 Å². The summed E-state index contributed by atoms with van der Waals surface area (Å²) in [6.45, 7) is 3.64. The lowest BCUT2D eigenvalue weighted by molar-refractivity contribution is -0.385. The van der Waals surface area contributed by atoms with Crippen LogP contribution >= 0.6 is 15.9 Å². The molecule has 0 bridgehead atoms. The van der Waals surface area contributed by atoms with Gasteiger partial charge < -0.3 is 10.4 Å². The van der Waals surface area contributed by atoms with Gasteiger partial charge in [0, 0.05) is 49.9 Å². The molecule has 114 valence electrons. The van der Waals surface area contributed by atoms with E-state index in [2.05, 4.69) is 26.1 Å². The molecule has 2 aliphatic rings. The van der Waals surface area contributed by atoms with Crippen molar-refractivity contribution in [2.45, 2.75) is 18.9 Å². The standard InChI is InChI=1S/C14H18BrN3O3/c15-12-8-10(18(20)21)7-11(14(12)19)13(9-1-2-9)17-5-3-16-4-6-17/h7-9,13,16,19H,1-6H2/t13-/m1/s1. The minimum Gasteiger partial charge on any atom is -0.506 e. The number of hydrogen-bond donors (Lipinski definition) is 2. The molecule has 0 radical (unpaired) electrons. The normalized spacial score (nSPS) is 21.2. The number of aromatic hydroxyl groups is 1. The van der Waals surface area contributed by atoms with Crippen LogP contribution in [0.5, 0.6) is 5.75 Å². The van der Waals surface area contributed by atoms with E-state index in [1.165, 1.54) is 12.1 Å². The van der Waals surface area contributed by atoms with Crippen LogP contribution in [-0.4, -0.2) is 41.1 Å². The minimum absolute atomic E-state index is 0.0236. The second kappa shape index (κ2) is 5.90. The molecule has 0 spiro atoms. The van der Waals surface area contributed by atoms with Gasteiger partial charge in [0.25, 0.3) is 5.69 Å². The van der Waals surface area contributed by atoms with Crippen molar-refractivity contribution < 1.29 is 10.0 Å². The first-order valence-electron chi connectivity index (χ1n) is 7.19. The molecule has 6 nitrogen and oxygen atoms in total. The number of rotatable bonds is 4. The van der Waals surface area contributed by atoms with Crippen molar-refractivity contribution in [3.05, 3.63) is 32.3 Å². The summed E-state index contributed by atoms with van der Waals surface area (Å²) < 4.78 is 0.396. The number of benzene rings is 1. The summed E-state index contributed by atoms with van der Waals surface area (Å²) in [7, 11) is 0. The number of piperazine rings is 1. The Morgan fingerprint density at radius 1 is 1.38 bits per heavy atom. The van der Waals surface area contributed by atoms with E-state index in [9.17, 15) is 15.2 Å². The SMILES string of the molecule is O=[N+]([O-])c1cc(Br)c(O)c([C@@H](C2CC2)N2CCNCC2)c1. The minimum atomic E-state index is -0.407. The smallest absolute Gasteiger partial charge is 0.271 e. The summed E-state index contributed by atoms with van der Waals surface area (Å²) in [6, 6.07) is 2.97. The number of non-ortho nitro benzene ring substituents is 1. The van der Waals surface area contributed by atoms with Gasteiger partial charge in [-0.05, 0) is 34.7 Å². The summed E-state index contributed by atoms with van der Waals surface area (Å²) in [6.07, 6.45) is 2.24. The second-order valence-electron chi connectivity index (χ2n) is 5.69. The quantitative estimate of drug-likeness (QED) is 0.640. The summed E-state index contributed by atoms with van der Waals surface area (Å²) in [5, 5.41) is 24.8. The lowest BCUT2D eigenvalue weighted by Crippen LogP contribution is -2.45. The lowest BCUT2D eigenvalue weighted by Gasteiger charge is -2.35. The average Bonchev–Trinajstić information content (AvgIpc) is 3.29. The van der Waals surface area contributed by atoms with Crippen molar-refractivity contribution in [2.24, 2.45) is 5.92 Å². The highest BCUT2D eigenvalue weighted by Crippen LogP contribution is 2.49. The number of nitro groups is 1. The van der Waals surface area contributed by atoms with Gasteiger partial charge in [-0.15, -0.1) is 0 Å². The molecule has 1 aliphatic carbocycles. The van der Waals surface area contributed by atoms with Crippen LogP contribution in [-0.2, 0) is 0 Å². The second-order valence-corrected chi connectivity index (χ2v) is 6.55. The summed E-state index contributed by atoms with van der Waals surface area (Å²) in [4.78, 5) is 13.0. The van der Waals surface area contributed by atoms with Crippen molar-refractivity contribution in [1.82, 2.24) is 10.2 Å². The summed E-state index contributed by atoms with van der Waals surface area (Å²) >= 11 is 3.24. The Bertz CT molecular complexity index is 557. The van der Waals surface area contributed by atoms with Crippen molar-refractivity contribution in [1.29, 1.82) is 0 Å². The van der Waals surface area contributed by atoms with E-state index in [0.29, 0.717) is 16.0 Å². The molecule has 1 heterocycles. The Kier molecular flexibility index (Phi) is 4.14. The van der Waals surface area contributed by atoms with E-state index in [0.717, 1.165) is 39.0 Å². The number of nitrogens with one attached hydrogen (secondary N) is 1. The maximum atomic E-state index is 11.1. The summed E-state index contributed by atoms with van der Waals surface area (Å²) in [5.41, 5.74) is 0.705. The number of nitrogens with zero attached hydrogens (tertiary/aromatic N) is 2. The van der Waals surface area contributed by atoms with Crippen LogP contribution in [0.4, 0.5) is 5.69 Å². The molecule has 0 amide bonds. The zero-order valence-corrected chi connectivity index (χ0v) is 13.2. The fraction of sp³-hybridized carbons (Fsp3) is 0.571. The predicted octanol–water partition coefficient (Wildman–Crippen LogP) is 2.42. The van der Waals surface area contributed by atoms with Crippen LogP contribution in [0.15, 0.2) is 16.6 Å². The predicted molar refractivity (Wildman–Crippen MR) is 82.4 cm³/mol. The molecule has 7 heteroatoms. The molecule has 21 heavy (non-hydrogen) atoms. The maximum Gasteiger partial charge on any atom is 0.271 e. The van der Waals surface area contributed by atoms with Gasteiger partial charge in [0.15, 0.2) is 0 Å². The fourth-order valence-electron chi connectivity index (χ4n) is 3.06. The molecule has 1 saturated carbocycles. The zero-order chi connectivity index (χ0) is 15.0. The Morgan fingerprint density at radius 3 is 2.62 bits per heavy atom. The van der Waals surface area contributed by atoms with E-state index >= 15 is 0 Å². The molecule has 1 aliphatic heterocycles. The van der Waals surface area contributed by atoms with E-state index in [1.54, 1.807) is 0 Å². The topological polar surface area (TPSA) is 78.6 Å². The highest BCUT2D eigenvalue weighted by atomic mass is 79.9. The number of halogens is 1. The molecule has 0 unspecified atom stereocenters. The fourth-order valence-corrected chi connectivity index (χ4v) is 3.52. The molecule has 2 fully saturated rings. The van der Waals surface area contributed by atoms with Crippen molar-refractivity contribution in [3.63, 3.8) is 0 Å². The molecular formula is C14H18BrN3O3. The van der Waals surface area contributed by atoms with E-state index in [1.807, 2.05) is 0 Å². The van der Waals surface area contributed by atoms with E-state index < -0.39 is 4.92 Å². The molecule has 1 atom stereocenters. The van der Waals surface area contributed by atoms with E-state index in [4.69, 9.17) is 0 Å². The van der Waals surface area contributed by atoms with Gasteiger partial charge in [-0.1, -0.05) is 0 Å². The van der Waals surface area contributed by atoms with Gasteiger partial charge >= 0.3 is 0 Å². The van der Waals surface area contributed by atoms with Crippen molar-refractivity contribution in [3.8, 4) is 5.75 Å². The average molecular weight is 356 g/mol. The molecule has 0 aromatic heterocycles. The van der Waals surface area contributed by atoms with Gasteiger partial charge in [0.1, 0.15) is 5.75 Å². The zero-order valence-electron chi connectivity index (χ0n) is 11.6. The largest absolute Gasteiger partial charge is 0.506 e. The van der Waals surface area contributed by atoms with Crippen LogP contribution in [0, 0.1) is 16.0 Å². The molecule has 3 rings (SSSR count). The highest BCUT2D eigenvalue weighted by Gasteiger charge is 2.39. The number of nitro benzene ring substituents is 1. The maximum absolute atomic E-state index is 11.1. The molecular weight excluding hydrogens is 338 g/mol. The Balaban J connectivity index is 2.00. The van der Waals surface area contributed by atoms with Crippen LogP contribution in [0.1, 0.15) is 24.4 Å². The summed E-state index contributed by atoms with van der Waals surface area (Å²) in [5.74, 6) is 0.624. The Labute approximate surface area is 131 Å². The first-order chi connectivity index (χ1) is 10.1. The highest BCUT2D eigenvalue weighted by molar-refractivity contribution is 9.10. The van der Waals surface area contributed by atoms with Crippen LogP contribution in [0.2, 0.25) is 0 Å². The third kappa shape index (κ3) is 3.04. The lowest BCUT2D eigenvalue weighted by atomic mass is 9.98. The van der Waals surface area contributed by atoms with E-state index in [-0.39, 0.29) is 17.5 Å². The third-order valence-electron chi connectivity index (χ3n) is 4.22. The molecule has 1 saturated heterocycles. The van der Waals surface area contributed by atoms with Gasteiger partial charge in [-0.2, -0.15) is 0 Å². The van der Waals surface area contributed by atoms with Gasteiger partial charge in [0.05, 0.1) is 9.40 Å². The first-order valence-corrected chi connectivity index (χ1v) is 7.99.